The molecule has 1 amide bonds. The molecule has 1 aromatic carbocycles. The molecule has 3 rings (SSSR count). The van der Waals surface area contributed by atoms with E-state index in [9.17, 15) is 4.79 Å². The Hall–Kier alpha value is -2.93. The third-order valence-electron chi connectivity index (χ3n) is 4.97. The number of benzene rings is 1. The first-order valence-corrected chi connectivity index (χ1v) is 10.8. The average molecular weight is 422 g/mol. The summed E-state index contributed by atoms with van der Waals surface area (Å²) in [4.78, 5) is 20.8. The van der Waals surface area contributed by atoms with Crippen LogP contribution < -0.4 is 5.43 Å². The lowest BCUT2D eigenvalue weighted by Crippen LogP contribution is -2.19. The molecule has 0 aliphatic heterocycles. The minimum absolute atomic E-state index is 0.192. The molecular formula is C23H27N5OS. The lowest BCUT2D eigenvalue weighted by atomic mass is 10.1. The second-order valence-corrected chi connectivity index (χ2v) is 8.34. The standard InChI is InChI=1S/C23H27N5OS/c1-14-8-7-9-21(18(14)5)28-17(4)11-20(19(28)6)12-24-27-22(29)13-30-23-25-15(2)10-16(3)26-23/h7-12H,13H2,1-6H3,(H,27,29)/b24-12-. The third-order valence-corrected chi connectivity index (χ3v) is 5.82. The van der Waals surface area contributed by atoms with Crippen LogP contribution in [0.15, 0.2) is 40.6 Å². The number of aryl methyl sites for hydroxylation is 4. The van der Waals surface area contributed by atoms with E-state index in [2.05, 4.69) is 77.0 Å². The van der Waals surface area contributed by atoms with Crippen LogP contribution >= 0.6 is 11.8 Å². The number of thioether (sulfide) groups is 1. The van der Waals surface area contributed by atoms with Crippen molar-refractivity contribution in [3.05, 3.63) is 69.8 Å². The summed E-state index contributed by atoms with van der Waals surface area (Å²) in [7, 11) is 0. The third kappa shape index (κ3) is 4.97. The van der Waals surface area contributed by atoms with Gasteiger partial charge in [-0.2, -0.15) is 5.10 Å². The van der Waals surface area contributed by atoms with Crippen LogP contribution in [-0.2, 0) is 4.79 Å². The topological polar surface area (TPSA) is 72.2 Å². The molecule has 7 heteroatoms. The van der Waals surface area contributed by atoms with Gasteiger partial charge < -0.3 is 4.57 Å². The fourth-order valence-electron chi connectivity index (χ4n) is 3.36. The van der Waals surface area contributed by atoms with E-state index in [0.717, 1.165) is 28.3 Å². The zero-order chi connectivity index (χ0) is 21.8. The van der Waals surface area contributed by atoms with E-state index in [1.807, 2.05) is 19.9 Å². The second kappa shape index (κ2) is 9.26. The maximum atomic E-state index is 12.1. The van der Waals surface area contributed by atoms with Crippen LogP contribution in [0.4, 0.5) is 0 Å². The number of aromatic nitrogens is 3. The normalized spacial score (nSPS) is 11.3. The van der Waals surface area contributed by atoms with Gasteiger partial charge in [0.2, 0.25) is 0 Å². The number of nitrogens with one attached hydrogen (secondary N) is 1. The van der Waals surface area contributed by atoms with E-state index in [4.69, 9.17) is 0 Å². The number of carbonyl (C=O) groups is 1. The van der Waals surface area contributed by atoms with Crippen molar-refractivity contribution in [2.45, 2.75) is 46.7 Å². The van der Waals surface area contributed by atoms with Gasteiger partial charge in [0, 0.05) is 34.0 Å². The molecule has 3 aromatic rings. The van der Waals surface area contributed by atoms with Crippen LogP contribution in [0.3, 0.4) is 0 Å². The van der Waals surface area contributed by atoms with Crippen LogP contribution in [-0.4, -0.2) is 32.4 Å². The Labute approximate surface area is 181 Å². The Morgan fingerprint density at radius 1 is 1.10 bits per heavy atom. The van der Waals surface area contributed by atoms with Crippen molar-refractivity contribution in [3.8, 4) is 5.69 Å². The Kier molecular flexibility index (Phi) is 6.72. The number of amides is 1. The van der Waals surface area contributed by atoms with Gasteiger partial charge in [-0.3, -0.25) is 4.79 Å². The van der Waals surface area contributed by atoms with Crippen LogP contribution in [0, 0.1) is 41.5 Å². The van der Waals surface area contributed by atoms with Crippen LogP contribution in [0.5, 0.6) is 0 Å². The summed E-state index contributed by atoms with van der Waals surface area (Å²) in [5.74, 6) is 0.0178. The van der Waals surface area contributed by atoms with Crippen LogP contribution in [0.2, 0.25) is 0 Å². The number of carbonyl (C=O) groups excluding carboxylic acids is 1. The van der Waals surface area contributed by atoms with Crippen molar-refractivity contribution >= 4 is 23.9 Å². The molecule has 0 bridgehead atoms. The molecule has 0 unspecified atom stereocenters. The Balaban J connectivity index is 1.66. The SMILES string of the molecule is Cc1cc(C)nc(SCC(=O)N/N=C\c2cc(C)n(-c3cccc(C)c3C)c2C)n1. The van der Waals surface area contributed by atoms with E-state index >= 15 is 0 Å². The smallest absolute Gasteiger partial charge is 0.250 e. The first-order chi connectivity index (χ1) is 14.3. The second-order valence-electron chi connectivity index (χ2n) is 7.40. The molecule has 0 saturated carbocycles. The fourth-order valence-corrected chi connectivity index (χ4v) is 4.10. The summed E-state index contributed by atoms with van der Waals surface area (Å²) < 4.78 is 2.22. The fraction of sp³-hybridized carbons (Fsp3) is 0.304. The highest BCUT2D eigenvalue weighted by atomic mass is 32.2. The summed E-state index contributed by atoms with van der Waals surface area (Å²) in [6.07, 6.45) is 1.69. The minimum Gasteiger partial charge on any atom is -0.318 e. The molecule has 2 aromatic heterocycles. The molecule has 6 nitrogen and oxygen atoms in total. The van der Waals surface area contributed by atoms with Gasteiger partial charge >= 0.3 is 0 Å². The van der Waals surface area contributed by atoms with Gasteiger partial charge in [0.25, 0.3) is 5.91 Å². The van der Waals surface area contributed by atoms with E-state index in [1.165, 1.54) is 28.6 Å². The van der Waals surface area contributed by atoms with Crippen molar-refractivity contribution in [1.29, 1.82) is 0 Å². The van der Waals surface area contributed by atoms with Gasteiger partial charge in [-0.1, -0.05) is 23.9 Å². The monoisotopic (exact) mass is 421 g/mol. The summed E-state index contributed by atoms with van der Waals surface area (Å²) in [5.41, 5.74) is 11.2. The molecular weight excluding hydrogens is 394 g/mol. The molecule has 2 heterocycles. The predicted molar refractivity (Wildman–Crippen MR) is 123 cm³/mol. The van der Waals surface area contributed by atoms with E-state index in [1.54, 1.807) is 6.21 Å². The Bertz CT molecular complexity index is 1100. The van der Waals surface area contributed by atoms with Crippen molar-refractivity contribution in [3.63, 3.8) is 0 Å². The lowest BCUT2D eigenvalue weighted by Gasteiger charge is -2.14. The maximum Gasteiger partial charge on any atom is 0.250 e. The number of hydrazone groups is 1. The van der Waals surface area contributed by atoms with E-state index in [0.29, 0.717) is 5.16 Å². The molecule has 156 valence electrons. The number of hydrogen-bond donors (Lipinski definition) is 1. The molecule has 1 N–H and O–H groups in total. The van der Waals surface area contributed by atoms with Gasteiger partial charge in [-0.15, -0.1) is 0 Å². The van der Waals surface area contributed by atoms with Gasteiger partial charge in [-0.25, -0.2) is 15.4 Å². The Morgan fingerprint density at radius 3 is 2.50 bits per heavy atom. The highest BCUT2D eigenvalue weighted by molar-refractivity contribution is 7.99. The van der Waals surface area contributed by atoms with Gasteiger partial charge in [-0.05, 0) is 70.9 Å². The first kappa shape index (κ1) is 21.8. The summed E-state index contributed by atoms with van der Waals surface area (Å²) in [6, 6.07) is 10.3. The minimum atomic E-state index is -0.192. The Morgan fingerprint density at radius 2 is 1.80 bits per heavy atom. The highest BCUT2D eigenvalue weighted by Gasteiger charge is 2.12. The van der Waals surface area contributed by atoms with E-state index < -0.39 is 0 Å². The molecule has 0 spiro atoms. The highest BCUT2D eigenvalue weighted by Crippen LogP contribution is 2.24. The maximum absolute atomic E-state index is 12.1. The quantitative estimate of drug-likeness (QED) is 0.278. The predicted octanol–water partition coefficient (Wildman–Crippen LogP) is 4.36. The zero-order valence-corrected chi connectivity index (χ0v) is 19.1. The molecule has 0 fully saturated rings. The van der Waals surface area contributed by atoms with Gasteiger partial charge in [0.15, 0.2) is 5.16 Å². The van der Waals surface area contributed by atoms with Crippen molar-refractivity contribution in [1.82, 2.24) is 20.0 Å². The summed E-state index contributed by atoms with van der Waals surface area (Å²) in [6.45, 7) is 12.2. The average Bonchev–Trinajstić information content (AvgIpc) is 2.95. The van der Waals surface area contributed by atoms with Crippen LogP contribution in [0.1, 0.15) is 39.5 Å². The largest absolute Gasteiger partial charge is 0.318 e. The lowest BCUT2D eigenvalue weighted by molar-refractivity contribution is -0.118. The van der Waals surface area contributed by atoms with Crippen molar-refractivity contribution in [2.24, 2.45) is 5.10 Å². The molecule has 0 aliphatic rings. The zero-order valence-electron chi connectivity index (χ0n) is 18.3. The number of hydrogen-bond acceptors (Lipinski definition) is 5. The number of nitrogens with zero attached hydrogens (tertiary/aromatic N) is 4. The van der Waals surface area contributed by atoms with Gasteiger partial charge in [0.1, 0.15) is 0 Å². The number of rotatable bonds is 6. The molecule has 0 radical (unpaired) electrons. The van der Waals surface area contributed by atoms with Gasteiger partial charge in [0.05, 0.1) is 12.0 Å². The molecule has 0 aliphatic carbocycles. The summed E-state index contributed by atoms with van der Waals surface area (Å²) >= 11 is 1.30. The summed E-state index contributed by atoms with van der Waals surface area (Å²) in [5, 5.41) is 4.75. The molecule has 0 saturated heterocycles. The van der Waals surface area contributed by atoms with Crippen molar-refractivity contribution < 1.29 is 4.79 Å². The van der Waals surface area contributed by atoms with Crippen molar-refractivity contribution in [2.75, 3.05) is 5.75 Å². The molecule has 0 atom stereocenters. The first-order valence-electron chi connectivity index (χ1n) is 9.78. The van der Waals surface area contributed by atoms with Crippen LogP contribution in [0.25, 0.3) is 5.69 Å². The molecule has 30 heavy (non-hydrogen) atoms. The van der Waals surface area contributed by atoms with E-state index in [-0.39, 0.29) is 11.7 Å².